The summed E-state index contributed by atoms with van der Waals surface area (Å²) in [5, 5.41) is 5.36. The van der Waals surface area contributed by atoms with Crippen LogP contribution in [0.2, 0.25) is 5.02 Å². The van der Waals surface area contributed by atoms with Crippen LogP contribution in [0.5, 0.6) is 0 Å². The van der Waals surface area contributed by atoms with Gasteiger partial charge in [0.05, 0.1) is 10.7 Å². The number of amides is 1. The Balaban J connectivity index is 2.18. The molecule has 0 aliphatic carbocycles. The lowest BCUT2D eigenvalue weighted by Crippen LogP contribution is -2.15. The number of carbonyl (C=O) groups excluding carboxylic acids is 1. The molecule has 0 bridgehead atoms. The number of thiazole rings is 1. The van der Waals surface area contributed by atoms with Crippen LogP contribution in [0.1, 0.15) is 35.9 Å². The van der Waals surface area contributed by atoms with Crippen molar-refractivity contribution in [2.45, 2.75) is 19.8 Å². The van der Waals surface area contributed by atoms with Crippen molar-refractivity contribution >= 4 is 39.8 Å². The van der Waals surface area contributed by atoms with Crippen LogP contribution in [-0.4, -0.2) is 15.9 Å². The van der Waals surface area contributed by atoms with Crippen molar-refractivity contribution in [3.8, 4) is 0 Å². The molecule has 100 valence electrons. The van der Waals surface area contributed by atoms with E-state index in [0.717, 1.165) is 5.69 Å². The minimum Gasteiger partial charge on any atom is -0.384 e. The molecule has 2 aromatic heterocycles. The van der Waals surface area contributed by atoms with E-state index in [-0.39, 0.29) is 16.5 Å². The highest BCUT2D eigenvalue weighted by Gasteiger charge is 2.15. The molecule has 2 heterocycles. The number of halogens is 1. The van der Waals surface area contributed by atoms with E-state index < -0.39 is 5.91 Å². The van der Waals surface area contributed by atoms with Crippen LogP contribution in [0.25, 0.3) is 0 Å². The molecule has 2 aromatic rings. The van der Waals surface area contributed by atoms with Gasteiger partial charge in [-0.25, -0.2) is 9.97 Å². The Morgan fingerprint density at radius 2 is 2.16 bits per heavy atom. The number of rotatable bonds is 3. The van der Waals surface area contributed by atoms with Gasteiger partial charge in [-0.15, -0.1) is 11.3 Å². The van der Waals surface area contributed by atoms with E-state index in [4.69, 9.17) is 17.3 Å². The molecule has 0 unspecified atom stereocenters. The molecular formula is C12H13ClN4OS. The Kier molecular flexibility index (Phi) is 4.01. The maximum Gasteiger partial charge on any atom is 0.277 e. The van der Waals surface area contributed by atoms with E-state index in [2.05, 4.69) is 15.3 Å². The van der Waals surface area contributed by atoms with Crippen LogP contribution in [0, 0.1) is 0 Å². The average Bonchev–Trinajstić information content (AvgIpc) is 2.80. The maximum atomic E-state index is 12.0. The number of nitrogens with zero attached hydrogens (tertiary/aromatic N) is 2. The number of anilines is 2. The van der Waals surface area contributed by atoms with Gasteiger partial charge in [-0.1, -0.05) is 25.4 Å². The molecule has 0 fully saturated rings. The molecule has 5 nitrogen and oxygen atoms in total. The first-order chi connectivity index (χ1) is 8.97. The molecule has 0 aromatic carbocycles. The van der Waals surface area contributed by atoms with E-state index in [1.807, 2.05) is 19.2 Å². The third-order valence-electron chi connectivity index (χ3n) is 2.42. The topological polar surface area (TPSA) is 80.9 Å². The fourth-order valence-corrected chi connectivity index (χ4v) is 2.44. The molecule has 1 amide bonds. The number of carbonyl (C=O) groups is 1. The monoisotopic (exact) mass is 296 g/mol. The minimum atomic E-state index is -0.415. The summed E-state index contributed by atoms with van der Waals surface area (Å²) in [6.45, 7) is 4.08. The lowest BCUT2D eigenvalue weighted by atomic mass is 10.2. The summed E-state index contributed by atoms with van der Waals surface area (Å²) in [4.78, 5) is 20.3. The van der Waals surface area contributed by atoms with Crippen molar-refractivity contribution in [1.29, 1.82) is 0 Å². The Labute approximate surface area is 119 Å². The Morgan fingerprint density at radius 3 is 2.79 bits per heavy atom. The highest BCUT2D eigenvalue weighted by Crippen LogP contribution is 2.23. The van der Waals surface area contributed by atoms with Gasteiger partial charge >= 0.3 is 0 Å². The van der Waals surface area contributed by atoms with Crippen LogP contribution >= 0.6 is 22.9 Å². The van der Waals surface area contributed by atoms with Crippen molar-refractivity contribution in [3.05, 3.63) is 33.9 Å². The molecule has 0 saturated heterocycles. The van der Waals surface area contributed by atoms with Crippen LogP contribution < -0.4 is 11.1 Å². The molecule has 0 aliphatic rings. The molecule has 0 aliphatic heterocycles. The number of nitrogens with one attached hydrogen (secondary N) is 1. The van der Waals surface area contributed by atoms with Crippen molar-refractivity contribution in [3.63, 3.8) is 0 Å². The summed E-state index contributed by atoms with van der Waals surface area (Å²) in [5.74, 6) is 0.148. The van der Waals surface area contributed by atoms with Crippen LogP contribution in [-0.2, 0) is 0 Å². The third kappa shape index (κ3) is 3.21. The predicted molar refractivity (Wildman–Crippen MR) is 77.8 cm³/mol. The Bertz CT molecular complexity index is 612. The molecule has 0 saturated carbocycles. The molecule has 3 N–H and O–H groups in total. The number of hydrogen-bond donors (Lipinski definition) is 2. The first kappa shape index (κ1) is 13.8. The standard InChI is InChI=1S/C12H13ClN4OS/c1-6(2)8-5-19-12(15-8)17-11(18)10-7(13)3-4-9(14)16-10/h3-6H,1-2H3,(H2,14,16)(H,15,17,18). The Morgan fingerprint density at radius 1 is 1.42 bits per heavy atom. The number of hydrogen-bond acceptors (Lipinski definition) is 5. The highest BCUT2D eigenvalue weighted by atomic mass is 35.5. The summed E-state index contributed by atoms with van der Waals surface area (Å²) >= 11 is 7.28. The largest absolute Gasteiger partial charge is 0.384 e. The second-order valence-corrected chi connectivity index (χ2v) is 5.52. The van der Waals surface area contributed by atoms with Crippen molar-refractivity contribution in [1.82, 2.24) is 9.97 Å². The van der Waals surface area contributed by atoms with E-state index >= 15 is 0 Å². The van der Waals surface area contributed by atoms with Crippen molar-refractivity contribution < 1.29 is 4.79 Å². The number of pyridine rings is 1. The molecule has 0 atom stereocenters. The Hall–Kier alpha value is -1.66. The average molecular weight is 297 g/mol. The zero-order chi connectivity index (χ0) is 14.0. The summed E-state index contributed by atoms with van der Waals surface area (Å²) in [6.07, 6.45) is 0. The first-order valence-electron chi connectivity index (χ1n) is 5.66. The number of aromatic nitrogens is 2. The smallest absolute Gasteiger partial charge is 0.277 e. The van der Waals surface area contributed by atoms with E-state index in [9.17, 15) is 4.79 Å². The lowest BCUT2D eigenvalue weighted by molar-refractivity contribution is 0.102. The number of nitrogens with two attached hydrogens (primary N) is 1. The highest BCUT2D eigenvalue weighted by molar-refractivity contribution is 7.14. The molecular weight excluding hydrogens is 284 g/mol. The van der Waals surface area contributed by atoms with Crippen LogP contribution in [0.3, 0.4) is 0 Å². The zero-order valence-corrected chi connectivity index (χ0v) is 12.0. The van der Waals surface area contributed by atoms with Gasteiger partial charge in [0.25, 0.3) is 5.91 Å². The first-order valence-corrected chi connectivity index (χ1v) is 6.92. The quantitative estimate of drug-likeness (QED) is 0.911. The molecule has 7 heteroatoms. The predicted octanol–water partition coefficient (Wildman–Crippen LogP) is 3.15. The minimum absolute atomic E-state index is 0.1000. The summed E-state index contributed by atoms with van der Waals surface area (Å²) in [5.41, 5.74) is 6.58. The molecule has 19 heavy (non-hydrogen) atoms. The second kappa shape index (κ2) is 5.54. The van der Waals surface area contributed by atoms with E-state index in [1.54, 1.807) is 12.1 Å². The number of nitrogen functional groups attached to an aromatic ring is 1. The summed E-state index contributed by atoms with van der Waals surface area (Å²) in [6, 6.07) is 3.08. The SMILES string of the molecule is CC(C)c1csc(NC(=O)c2nc(N)ccc2Cl)n1. The third-order valence-corrected chi connectivity index (χ3v) is 3.50. The van der Waals surface area contributed by atoms with Gasteiger partial charge in [0, 0.05) is 5.38 Å². The lowest BCUT2D eigenvalue weighted by Gasteiger charge is -2.04. The fraction of sp³-hybridized carbons (Fsp3) is 0.250. The van der Waals surface area contributed by atoms with Crippen LogP contribution in [0.15, 0.2) is 17.5 Å². The summed E-state index contributed by atoms with van der Waals surface area (Å²) in [7, 11) is 0. The molecule has 0 spiro atoms. The zero-order valence-electron chi connectivity index (χ0n) is 10.5. The van der Waals surface area contributed by atoms with Gasteiger partial charge in [-0.2, -0.15) is 0 Å². The van der Waals surface area contributed by atoms with Gasteiger partial charge in [-0.05, 0) is 18.1 Å². The van der Waals surface area contributed by atoms with E-state index in [1.165, 1.54) is 11.3 Å². The van der Waals surface area contributed by atoms with Crippen molar-refractivity contribution in [2.75, 3.05) is 11.1 Å². The fourth-order valence-electron chi connectivity index (χ4n) is 1.38. The molecule has 0 radical (unpaired) electrons. The second-order valence-electron chi connectivity index (χ2n) is 4.25. The normalized spacial score (nSPS) is 10.7. The van der Waals surface area contributed by atoms with Gasteiger partial charge in [0.2, 0.25) is 0 Å². The van der Waals surface area contributed by atoms with Gasteiger partial charge < -0.3 is 5.73 Å². The molecule has 2 rings (SSSR count). The van der Waals surface area contributed by atoms with Gasteiger partial charge in [0.15, 0.2) is 5.13 Å². The van der Waals surface area contributed by atoms with Gasteiger partial charge in [0.1, 0.15) is 11.5 Å². The van der Waals surface area contributed by atoms with Crippen LogP contribution in [0.4, 0.5) is 10.9 Å². The maximum absolute atomic E-state index is 12.0. The summed E-state index contributed by atoms with van der Waals surface area (Å²) < 4.78 is 0. The van der Waals surface area contributed by atoms with E-state index in [0.29, 0.717) is 11.0 Å². The van der Waals surface area contributed by atoms with Crippen molar-refractivity contribution in [2.24, 2.45) is 0 Å². The van der Waals surface area contributed by atoms with Gasteiger partial charge in [-0.3, -0.25) is 10.1 Å².